The van der Waals surface area contributed by atoms with Crippen molar-refractivity contribution in [2.45, 2.75) is 25.8 Å². The summed E-state index contributed by atoms with van der Waals surface area (Å²) in [4.78, 5) is 25.3. The van der Waals surface area contributed by atoms with Gasteiger partial charge in [0.2, 0.25) is 11.8 Å². The van der Waals surface area contributed by atoms with Crippen LogP contribution in [0, 0.1) is 5.92 Å². The highest BCUT2D eigenvalue weighted by atomic mass is 35.5. The van der Waals surface area contributed by atoms with E-state index < -0.39 is 0 Å². The molecule has 5 nitrogen and oxygen atoms in total. The third kappa shape index (κ3) is 4.71. The fourth-order valence-electron chi connectivity index (χ4n) is 2.70. The van der Waals surface area contributed by atoms with E-state index in [2.05, 4.69) is 10.2 Å². The molecule has 22 heavy (non-hydrogen) atoms. The zero-order valence-electron chi connectivity index (χ0n) is 12.7. The number of benzene rings is 1. The Morgan fingerprint density at radius 2 is 1.91 bits per heavy atom. The Balaban J connectivity index is 1.78. The Labute approximate surface area is 135 Å². The predicted octanol–water partition coefficient (Wildman–Crippen LogP) is 1.71. The van der Waals surface area contributed by atoms with Crippen molar-refractivity contribution in [2.75, 3.05) is 19.6 Å². The maximum Gasteiger partial charge on any atom is 0.234 e. The third-order valence-corrected chi connectivity index (χ3v) is 4.36. The second kappa shape index (κ2) is 7.61. The highest BCUT2D eigenvalue weighted by Crippen LogP contribution is 2.18. The van der Waals surface area contributed by atoms with Crippen molar-refractivity contribution >= 4 is 23.4 Å². The Hall–Kier alpha value is -1.59. The van der Waals surface area contributed by atoms with E-state index >= 15 is 0 Å². The zero-order valence-corrected chi connectivity index (χ0v) is 13.5. The summed E-state index contributed by atoms with van der Waals surface area (Å²) in [6.07, 6.45) is 1.46. The van der Waals surface area contributed by atoms with Crippen LogP contribution in [0.2, 0.25) is 5.02 Å². The first-order valence-electron chi connectivity index (χ1n) is 7.52. The van der Waals surface area contributed by atoms with Gasteiger partial charge in [0.25, 0.3) is 0 Å². The molecule has 1 saturated heterocycles. The lowest BCUT2D eigenvalue weighted by Gasteiger charge is -2.30. The summed E-state index contributed by atoms with van der Waals surface area (Å²) in [6.45, 7) is 3.76. The summed E-state index contributed by atoms with van der Waals surface area (Å²) in [5, 5.41) is 3.66. The number of primary amides is 1. The molecule has 1 aliphatic heterocycles. The van der Waals surface area contributed by atoms with Crippen molar-refractivity contribution < 1.29 is 9.59 Å². The van der Waals surface area contributed by atoms with Crippen LogP contribution in [0.25, 0.3) is 0 Å². The maximum absolute atomic E-state index is 12.1. The van der Waals surface area contributed by atoms with Crippen LogP contribution < -0.4 is 11.1 Å². The smallest absolute Gasteiger partial charge is 0.234 e. The summed E-state index contributed by atoms with van der Waals surface area (Å²) in [6, 6.07) is 7.38. The van der Waals surface area contributed by atoms with Gasteiger partial charge >= 0.3 is 0 Å². The van der Waals surface area contributed by atoms with Crippen LogP contribution in [0.1, 0.15) is 31.4 Å². The van der Waals surface area contributed by atoms with Crippen LogP contribution in [0.15, 0.2) is 24.3 Å². The fourth-order valence-corrected chi connectivity index (χ4v) is 2.83. The number of piperidine rings is 1. The molecular formula is C16H22ClN3O2. The third-order valence-electron chi connectivity index (χ3n) is 4.10. The topological polar surface area (TPSA) is 75.4 Å². The maximum atomic E-state index is 12.1. The van der Waals surface area contributed by atoms with Crippen LogP contribution >= 0.6 is 11.6 Å². The molecule has 1 aromatic carbocycles. The summed E-state index contributed by atoms with van der Waals surface area (Å²) in [5.41, 5.74) is 6.33. The van der Waals surface area contributed by atoms with E-state index in [9.17, 15) is 9.59 Å². The number of amides is 2. The number of nitrogens with two attached hydrogens (primary N) is 1. The van der Waals surface area contributed by atoms with Gasteiger partial charge in [0.1, 0.15) is 0 Å². The van der Waals surface area contributed by atoms with Crippen molar-refractivity contribution in [3.8, 4) is 0 Å². The molecule has 120 valence electrons. The predicted molar refractivity (Wildman–Crippen MR) is 86.4 cm³/mol. The minimum absolute atomic E-state index is 0.0139. The molecule has 0 radical (unpaired) electrons. The van der Waals surface area contributed by atoms with Gasteiger partial charge in [0.15, 0.2) is 0 Å². The molecule has 0 spiro atoms. The molecule has 1 unspecified atom stereocenters. The quantitative estimate of drug-likeness (QED) is 0.866. The highest BCUT2D eigenvalue weighted by molar-refractivity contribution is 6.30. The molecule has 1 aromatic rings. The van der Waals surface area contributed by atoms with Gasteiger partial charge in [-0.15, -0.1) is 0 Å². The molecule has 1 fully saturated rings. The van der Waals surface area contributed by atoms with Crippen LogP contribution in [0.4, 0.5) is 0 Å². The van der Waals surface area contributed by atoms with Gasteiger partial charge in [-0.05, 0) is 50.6 Å². The van der Waals surface area contributed by atoms with E-state index in [-0.39, 0.29) is 23.8 Å². The number of carbonyl (C=O) groups is 2. The van der Waals surface area contributed by atoms with Crippen LogP contribution in [0.3, 0.4) is 0 Å². The first kappa shape index (κ1) is 16.8. The van der Waals surface area contributed by atoms with Gasteiger partial charge in [0.05, 0.1) is 12.6 Å². The molecule has 0 bridgehead atoms. The molecule has 0 aliphatic carbocycles. The standard InChI is InChI=1S/C16H22ClN3O2/c1-11(12-2-4-14(17)5-3-12)19-15(21)10-20-8-6-13(7-9-20)16(18)22/h2-5,11,13H,6-10H2,1H3,(H2,18,22)(H,19,21). The van der Waals surface area contributed by atoms with Gasteiger partial charge in [-0.2, -0.15) is 0 Å². The fraction of sp³-hybridized carbons (Fsp3) is 0.500. The molecule has 0 saturated carbocycles. The molecule has 1 heterocycles. The Kier molecular flexibility index (Phi) is 5.80. The summed E-state index contributed by atoms with van der Waals surface area (Å²) in [5.74, 6) is -0.298. The monoisotopic (exact) mass is 323 g/mol. The summed E-state index contributed by atoms with van der Waals surface area (Å²) >= 11 is 5.86. The van der Waals surface area contributed by atoms with Crippen molar-refractivity contribution in [1.82, 2.24) is 10.2 Å². The summed E-state index contributed by atoms with van der Waals surface area (Å²) in [7, 11) is 0. The van der Waals surface area contributed by atoms with Crippen LogP contribution in [-0.4, -0.2) is 36.3 Å². The number of rotatable bonds is 5. The average Bonchev–Trinajstić information content (AvgIpc) is 2.48. The first-order valence-corrected chi connectivity index (χ1v) is 7.90. The SMILES string of the molecule is CC(NC(=O)CN1CCC(C(N)=O)CC1)c1ccc(Cl)cc1. The van der Waals surface area contributed by atoms with Gasteiger partial charge in [-0.25, -0.2) is 0 Å². The molecule has 2 rings (SSSR count). The molecule has 1 atom stereocenters. The molecule has 2 amide bonds. The van der Waals surface area contributed by atoms with Gasteiger partial charge in [-0.3, -0.25) is 14.5 Å². The second-order valence-electron chi connectivity index (χ2n) is 5.79. The molecule has 3 N–H and O–H groups in total. The van der Waals surface area contributed by atoms with Gasteiger partial charge in [0, 0.05) is 10.9 Å². The molecular weight excluding hydrogens is 302 g/mol. The number of carbonyl (C=O) groups excluding carboxylic acids is 2. The number of hydrogen-bond acceptors (Lipinski definition) is 3. The van der Waals surface area contributed by atoms with Crippen molar-refractivity contribution in [1.29, 1.82) is 0 Å². The van der Waals surface area contributed by atoms with E-state index in [4.69, 9.17) is 17.3 Å². The largest absolute Gasteiger partial charge is 0.369 e. The van der Waals surface area contributed by atoms with Gasteiger partial charge < -0.3 is 11.1 Å². The lowest BCUT2D eigenvalue weighted by molar-refractivity contribution is -0.124. The number of hydrogen-bond donors (Lipinski definition) is 2. The van der Waals surface area contributed by atoms with Crippen molar-refractivity contribution in [2.24, 2.45) is 11.7 Å². The van der Waals surface area contributed by atoms with E-state index in [1.807, 2.05) is 31.2 Å². The van der Waals surface area contributed by atoms with E-state index in [0.717, 1.165) is 31.5 Å². The van der Waals surface area contributed by atoms with Gasteiger partial charge in [-0.1, -0.05) is 23.7 Å². The lowest BCUT2D eigenvalue weighted by Crippen LogP contribution is -2.44. The normalized spacial score (nSPS) is 17.9. The van der Waals surface area contributed by atoms with Crippen molar-refractivity contribution in [3.63, 3.8) is 0 Å². The van der Waals surface area contributed by atoms with E-state index in [1.165, 1.54) is 0 Å². The zero-order chi connectivity index (χ0) is 16.1. The number of halogens is 1. The van der Waals surface area contributed by atoms with Crippen LogP contribution in [0.5, 0.6) is 0 Å². The minimum atomic E-state index is -0.236. The first-order chi connectivity index (χ1) is 10.5. The molecule has 1 aliphatic rings. The van der Waals surface area contributed by atoms with Crippen molar-refractivity contribution in [3.05, 3.63) is 34.9 Å². The Morgan fingerprint density at radius 1 is 1.32 bits per heavy atom. The number of nitrogens with one attached hydrogen (secondary N) is 1. The Bertz CT molecular complexity index is 525. The summed E-state index contributed by atoms with van der Waals surface area (Å²) < 4.78 is 0. The lowest BCUT2D eigenvalue weighted by atomic mass is 9.96. The molecule has 6 heteroatoms. The second-order valence-corrected chi connectivity index (χ2v) is 6.23. The molecule has 0 aromatic heterocycles. The number of nitrogens with zero attached hydrogens (tertiary/aromatic N) is 1. The average molecular weight is 324 g/mol. The van der Waals surface area contributed by atoms with E-state index in [1.54, 1.807) is 0 Å². The number of likely N-dealkylation sites (tertiary alicyclic amines) is 1. The highest BCUT2D eigenvalue weighted by Gasteiger charge is 2.24. The Morgan fingerprint density at radius 3 is 2.45 bits per heavy atom. The van der Waals surface area contributed by atoms with Crippen LogP contribution in [-0.2, 0) is 9.59 Å². The van der Waals surface area contributed by atoms with E-state index in [0.29, 0.717) is 11.6 Å². The minimum Gasteiger partial charge on any atom is -0.369 e.